The first kappa shape index (κ1) is 15.8. The van der Waals surface area contributed by atoms with Crippen LogP contribution in [0.4, 0.5) is 5.69 Å². The van der Waals surface area contributed by atoms with E-state index in [1.807, 2.05) is 24.3 Å². The summed E-state index contributed by atoms with van der Waals surface area (Å²) in [6, 6.07) is 7.44. The van der Waals surface area contributed by atoms with Crippen LogP contribution in [-0.2, 0) is 9.31 Å². The van der Waals surface area contributed by atoms with E-state index in [4.69, 9.17) is 15.9 Å². The van der Waals surface area contributed by atoms with Crippen LogP contribution in [0, 0.1) is 6.57 Å². The van der Waals surface area contributed by atoms with Gasteiger partial charge in [0.05, 0.1) is 6.57 Å². The lowest BCUT2D eigenvalue weighted by molar-refractivity contribution is 0.202. The van der Waals surface area contributed by atoms with Crippen molar-refractivity contribution in [3.63, 3.8) is 0 Å². The molecule has 0 aliphatic carbocycles. The maximum Gasteiger partial charge on any atom is 0.493 e. The van der Waals surface area contributed by atoms with Crippen molar-refractivity contribution in [3.8, 4) is 0 Å². The fraction of sp³-hybridized carbons (Fsp3) is 0.533. The average Bonchev–Trinajstić information content (AvgIpc) is 2.46. The molecular weight excluding hydrogens is 237 g/mol. The lowest BCUT2D eigenvalue weighted by Crippen LogP contribution is -2.37. The first-order valence-corrected chi connectivity index (χ1v) is 7.02. The highest BCUT2D eigenvalue weighted by Gasteiger charge is 2.20. The maximum absolute atomic E-state index is 6.96. The molecule has 1 rings (SSSR count). The fourth-order valence-electron chi connectivity index (χ4n) is 1.62. The zero-order valence-corrected chi connectivity index (χ0v) is 11.9. The highest BCUT2D eigenvalue weighted by Crippen LogP contribution is 2.09. The Morgan fingerprint density at radius 3 is 1.95 bits per heavy atom. The van der Waals surface area contributed by atoms with Crippen molar-refractivity contribution in [3.05, 3.63) is 35.7 Å². The molecular formula is C15H22BNO2. The molecule has 0 fully saturated rings. The lowest BCUT2D eigenvalue weighted by atomic mass is 9.78. The molecule has 0 bridgehead atoms. The third-order valence-electron chi connectivity index (χ3n) is 2.83. The van der Waals surface area contributed by atoms with E-state index in [1.165, 1.54) is 0 Å². The summed E-state index contributed by atoms with van der Waals surface area (Å²) in [5, 5.41) is 0. The van der Waals surface area contributed by atoms with Gasteiger partial charge in [0.2, 0.25) is 0 Å². The molecule has 0 N–H and O–H groups in total. The van der Waals surface area contributed by atoms with Gasteiger partial charge in [0.25, 0.3) is 0 Å². The van der Waals surface area contributed by atoms with Gasteiger partial charge in [0.1, 0.15) is 0 Å². The van der Waals surface area contributed by atoms with Crippen molar-refractivity contribution in [2.24, 2.45) is 0 Å². The minimum absolute atomic E-state index is 0.308. The molecule has 102 valence electrons. The Morgan fingerprint density at radius 2 is 1.53 bits per heavy atom. The predicted molar refractivity (Wildman–Crippen MR) is 79.8 cm³/mol. The van der Waals surface area contributed by atoms with Crippen LogP contribution in [0.15, 0.2) is 24.3 Å². The van der Waals surface area contributed by atoms with Gasteiger partial charge in [-0.2, -0.15) is 0 Å². The van der Waals surface area contributed by atoms with Crippen LogP contribution in [0.2, 0.25) is 0 Å². The van der Waals surface area contributed by atoms with Crippen molar-refractivity contribution in [2.45, 2.75) is 39.5 Å². The monoisotopic (exact) mass is 259 g/mol. The number of hydrogen-bond acceptors (Lipinski definition) is 2. The number of rotatable bonds is 9. The normalized spacial score (nSPS) is 10.2. The second-order valence-electron chi connectivity index (χ2n) is 4.48. The van der Waals surface area contributed by atoms with E-state index in [1.54, 1.807) is 0 Å². The second kappa shape index (κ2) is 9.60. The second-order valence-corrected chi connectivity index (χ2v) is 4.48. The number of nitrogens with zero attached hydrogens (tertiary/aromatic N) is 1. The van der Waals surface area contributed by atoms with Crippen molar-refractivity contribution in [1.82, 2.24) is 0 Å². The van der Waals surface area contributed by atoms with Crippen LogP contribution in [0.25, 0.3) is 4.85 Å². The van der Waals surface area contributed by atoms with Crippen LogP contribution >= 0.6 is 0 Å². The van der Waals surface area contributed by atoms with Gasteiger partial charge in [-0.15, -0.1) is 0 Å². The molecule has 0 radical (unpaired) electrons. The third kappa shape index (κ3) is 5.91. The SMILES string of the molecule is [C-]#[N+]c1ccc(B(OCCCC)OCCCC)cc1. The smallest absolute Gasteiger partial charge is 0.407 e. The van der Waals surface area contributed by atoms with E-state index < -0.39 is 0 Å². The number of unbranched alkanes of at least 4 members (excludes halogenated alkanes) is 2. The van der Waals surface area contributed by atoms with Gasteiger partial charge < -0.3 is 9.31 Å². The van der Waals surface area contributed by atoms with Gasteiger partial charge in [-0.05, 0) is 18.3 Å². The van der Waals surface area contributed by atoms with E-state index >= 15 is 0 Å². The minimum atomic E-state index is -0.308. The van der Waals surface area contributed by atoms with Gasteiger partial charge in [0, 0.05) is 13.2 Å². The molecule has 1 aromatic rings. The zero-order valence-electron chi connectivity index (χ0n) is 11.9. The van der Waals surface area contributed by atoms with Gasteiger partial charge in [-0.1, -0.05) is 51.0 Å². The maximum atomic E-state index is 6.96. The summed E-state index contributed by atoms with van der Waals surface area (Å²) >= 11 is 0. The average molecular weight is 259 g/mol. The van der Waals surface area contributed by atoms with Crippen LogP contribution < -0.4 is 5.46 Å². The molecule has 0 saturated heterocycles. The molecule has 4 heteroatoms. The Labute approximate surface area is 116 Å². The van der Waals surface area contributed by atoms with E-state index in [2.05, 4.69) is 18.7 Å². The lowest BCUT2D eigenvalue weighted by Gasteiger charge is -2.15. The Morgan fingerprint density at radius 1 is 1.00 bits per heavy atom. The van der Waals surface area contributed by atoms with Crippen molar-refractivity contribution in [1.29, 1.82) is 0 Å². The first-order chi connectivity index (χ1) is 9.31. The predicted octanol–water partition coefficient (Wildman–Crippen LogP) is 3.57. The van der Waals surface area contributed by atoms with Gasteiger partial charge >= 0.3 is 7.12 Å². The van der Waals surface area contributed by atoms with Crippen LogP contribution in [0.5, 0.6) is 0 Å². The molecule has 0 atom stereocenters. The topological polar surface area (TPSA) is 22.8 Å². The number of benzene rings is 1. The van der Waals surface area contributed by atoms with E-state index in [9.17, 15) is 0 Å². The molecule has 19 heavy (non-hydrogen) atoms. The van der Waals surface area contributed by atoms with Crippen LogP contribution in [-0.4, -0.2) is 20.3 Å². The van der Waals surface area contributed by atoms with Crippen molar-refractivity contribution < 1.29 is 9.31 Å². The fourth-order valence-corrected chi connectivity index (χ4v) is 1.62. The van der Waals surface area contributed by atoms with E-state index in [-0.39, 0.29) is 7.12 Å². The summed E-state index contributed by atoms with van der Waals surface area (Å²) < 4.78 is 11.6. The molecule has 0 amide bonds. The molecule has 0 aliphatic heterocycles. The minimum Gasteiger partial charge on any atom is -0.407 e. The number of hydrogen-bond donors (Lipinski definition) is 0. The van der Waals surface area contributed by atoms with Gasteiger partial charge in [-0.3, -0.25) is 0 Å². The molecule has 0 aromatic heterocycles. The Bertz CT molecular complexity index is 376. The zero-order chi connectivity index (χ0) is 13.9. The first-order valence-electron chi connectivity index (χ1n) is 7.02. The molecule has 0 spiro atoms. The summed E-state index contributed by atoms with van der Waals surface area (Å²) in [6.45, 7) is 12.6. The molecule has 0 heterocycles. The van der Waals surface area contributed by atoms with E-state index in [0.717, 1.165) is 31.1 Å². The standard InChI is InChI=1S/C15H22BNO2/c1-4-6-12-18-16(19-13-7-5-2)14-8-10-15(17-3)11-9-14/h8-11H,4-7,12-13H2,1-2H3. The summed E-state index contributed by atoms with van der Waals surface area (Å²) in [4.78, 5) is 3.39. The van der Waals surface area contributed by atoms with E-state index in [0.29, 0.717) is 18.9 Å². The molecule has 1 aromatic carbocycles. The van der Waals surface area contributed by atoms with Gasteiger partial charge in [-0.25, -0.2) is 4.85 Å². The quantitative estimate of drug-likeness (QED) is 0.384. The molecule has 0 unspecified atom stereocenters. The largest absolute Gasteiger partial charge is 0.493 e. The Balaban J connectivity index is 2.61. The summed E-state index contributed by atoms with van der Waals surface area (Å²) in [5.74, 6) is 0. The van der Waals surface area contributed by atoms with Crippen LogP contribution in [0.1, 0.15) is 39.5 Å². The van der Waals surface area contributed by atoms with Crippen molar-refractivity contribution in [2.75, 3.05) is 13.2 Å². The van der Waals surface area contributed by atoms with Crippen molar-refractivity contribution >= 4 is 18.3 Å². The molecule has 3 nitrogen and oxygen atoms in total. The van der Waals surface area contributed by atoms with Crippen LogP contribution in [0.3, 0.4) is 0 Å². The highest BCUT2D eigenvalue weighted by atomic mass is 16.6. The molecule has 0 aliphatic rings. The molecule has 0 saturated carbocycles. The van der Waals surface area contributed by atoms with Gasteiger partial charge in [0.15, 0.2) is 5.69 Å². The highest BCUT2D eigenvalue weighted by molar-refractivity contribution is 6.61. The Kier molecular flexibility index (Phi) is 7.96. The summed E-state index contributed by atoms with van der Waals surface area (Å²) in [7, 11) is -0.308. The Hall–Kier alpha value is -1.31. The summed E-state index contributed by atoms with van der Waals surface area (Å²) in [5.41, 5.74) is 1.63. The third-order valence-corrected chi connectivity index (χ3v) is 2.83. The summed E-state index contributed by atoms with van der Waals surface area (Å²) in [6.07, 6.45) is 4.29.